The van der Waals surface area contributed by atoms with Crippen molar-refractivity contribution >= 4 is 6.09 Å². The molecule has 1 N–H and O–H groups in total. The summed E-state index contributed by atoms with van der Waals surface area (Å²) in [6.45, 7) is 2.62. The molecule has 2 saturated heterocycles. The number of amides is 1. The van der Waals surface area contributed by atoms with Crippen molar-refractivity contribution in [3.05, 3.63) is 0 Å². The van der Waals surface area contributed by atoms with Gasteiger partial charge < -0.3 is 19.6 Å². The van der Waals surface area contributed by atoms with Crippen LogP contribution >= 0.6 is 0 Å². The van der Waals surface area contributed by atoms with Crippen LogP contribution < -0.4 is 0 Å². The third-order valence-electron chi connectivity index (χ3n) is 6.54. The van der Waals surface area contributed by atoms with Gasteiger partial charge in [-0.2, -0.15) is 13.2 Å². The molecule has 3 aliphatic rings. The number of methoxy groups -OCH3 is 1. The van der Waals surface area contributed by atoms with Gasteiger partial charge in [0.15, 0.2) is 0 Å². The summed E-state index contributed by atoms with van der Waals surface area (Å²) in [7, 11) is 1.51. The minimum absolute atomic E-state index is 0.0546. The summed E-state index contributed by atoms with van der Waals surface area (Å²) in [4.78, 5) is 16.5. The number of carboxylic acid groups (broad SMARTS) is 1. The van der Waals surface area contributed by atoms with Crippen LogP contribution in [0.15, 0.2) is 0 Å². The average molecular weight is 393 g/mol. The highest BCUT2D eigenvalue weighted by Gasteiger charge is 2.51. The number of hydrogen-bond acceptors (Lipinski definition) is 4. The molecule has 1 aliphatic carbocycles. The van der Waals surface area contributed by atoms with Crippen LogP contribution in [0.2, 0.25) is 0 Å². The molecular formula is C18H30F3N3O3. The Morgan fingerprint density at radius 2 is 1.93 bits per heavy atom. The van der Waals surface area contributed by atoms with Crippen molar-refractivity contribution in [3.8, 4) is 0 Å². The lowest BCUT2D eigenvalue weighted by Gasteiger charge is -2.52. The summed E-state index contributed by atoms with van der Waals surface area (Å²) >= 11 is 0. The van der Waals surface area contributed by atoms with E-state index in [1.165, 1.54) is 16.9 Å². The zero-order chi connectivity index (χ0) is 19.7. The Morgan fingerprint density at radius 3 is 2.44 bits per heavy atom. The van der Waals surface area contributed by atoms with Crippen LogP contribution in [0.25, 0.3) is 0 Å². The van der Waals surface area contributed by atoms with Gasteiger partial charge in [-0.3, -0.25) is 4.90 Å². The maximum atomic E-state index is 12.9. The monoisotopic (exact) mass is 393 g/mol. The van der Waals surface area contributed by atoms with Crippen molar-refractivity contribution in [2.75, 3.05) is 53.0 Å². The van der Waals surface area contributed by atoms with E-state index in [-0.39, 0.29) is 11.5 Å². The van der Waals surface area contributed by atoms with E-state index >= 15 is 0 Å². The third-order valence-corrected chi connectivity index (χ3v) is 6.54. The summed E-state index contributed by atoms with van der Waals surface area (Å²) in [5, 5.41) is 9.12. The molecule has 1 amide bonds. The highest BCUT2D eigenvalue weighted by molar-refractivity contribution is 5.65. The lowest BCUT2D eigenvalue weighted by atomic mass is 9.64. The van der Waals surface area contributed by atoms with Crippen LogP contribution in [0.3, 0.4) is 0 Å². The lowest BCUT2D eigenvalue weighted by Crippen LogP contribution is -2.56. The maximum Gasteiger partial charge on any atom is 0.407 e. The van der Waals surface area contributed by atoms with Crippen molar-refractivity contribution in [2.24, 2.45) is 5.41 Å². The van der Waals surface area contributed by atoms with Gasteiger partial charge in [-0.1, -0.05) is 0 Å². The predicted octanol–water partition coefficient (Wildman–Crippen LogP) is 2.49. The number of carbonyl (C=O) groups is 1. The van der Waals surface area contributed by atoms with Crippen LogP contribution in [0.4, 0.5) is 18.0 Å². The topological polar surface area (TPSA) is 56.2 Å². The molecule has 0 aromatic carbocycles. The fourth-order valence-electron chi connectivity index (χ4n) is 5.08. The number of rotatable bonds is 6. The van der Waals surface area contributed by atoms with Crippen LogP contribution in [-0.2, 0) is 4.74 Å². The SMILES string of the molecule is COCCN(CC(F)(F)F)C1CCN(C2CC3(CCN(C(=O)O)C3)C2)CC1. The molecular weight excluding hydrogens is 363 g/mol. The molecule has 2 aliphatic heterocycles. The first-order valence-electron chi connectivity index (χ1n) is 9.73. The van der Waals surface area contributed by atoms with E-state index < -0.39 is 18.8 Å². The normalized spacial score (nSPS) is 30.3. The van der Waals surface area contributed by atoms with Crippen molar-refractivity contribution in [1.29, 1.82) is 0 Å². The highest BCUT2D eigenvalue weighted by atomic mass is 19.4. The van der Waals surface area contributed by atoms with Crippen molar-refractivity contribution in [2.45, 2.75) is 50.4 Å². The summed E-state index contributed by atoms with van der Waals surface area (Å²) in [6, 6.07) is 0.399. The molecule has 0 bridgehead atoms. The van der Waals surface area contributed by atoms with Crippen LogP contribution in [0.1, 0.15) is 32.1 Å². The molecule has 0 unspecified atom stereocenters. The molecule has 0 aromatic rings. The molecule has 27 heavy (non-hydrogen) atoms. The minimum atomic E-state index is -4.19. The van der Waals surface area contributed by atoms with Crippen LogP contribution in [0.5, 0.6) is 0 Å². The maximum absolute atomic E-state index is 12.9. The Balaban J connectivity index is 1.45. The molecule has 0 atom stereocenters. The highest BCUT2D eigenvalue weighted by Crippen LogP contribution is 2.50. The van der Waals surface area contributed by atoms with E-state index in [0.717, 1.165) is 45.2 Å². The predicted molar refractivity (Wildman–Crippen MR) is 93.8 cm³/mol. The smallest absolute Gasteiger partial charge is 0.407 e. The average Bonchev–Trinajstić information content (AvgIpc) is 3.02. The summed E-state index contributed by atoms with van der Waals surface area (Å²) in [5.41, 5.74) is 0.140. The Labute approximate surface area is 158 Å². The molecule has 6 nitrogen and oxygen atoms in total. The van der Waals surface area contributed by atoms with Crippen molar-refractivity contribution < 1.29 is 27.8 Å². The van der Waals surface area contributed by atoms with Gasteiger partial charge >= 0.3 is 12.3 Å². The Morgan fingerprint density at radius 1 is 1.26 bits per heavy atom. The zero-order valence-corrected chi connectivity index (χ0v) is 15.9. The second kappa shape index (κ2) is 8.13. The Kier molecular flexibility index (Phi) is 6.22. The van der Waals surface area contributed by atoms with E-state index in [1.54, 1.807) is 0 Å². The number of halogens is 3. The molecule has 156 valence electrons. The van der Waals surface area contributed by atoms with E-state index in [1.807, 2.05) is 0 Å². The van der Waals surface area contributed by atoms with Crippen LogP contribution in [-0.4, -0.2) is 97.1 Å². The minimum Gasteiger partial charge on any atom is -0.465 e. The number of likely N-dealkylation sites (tertiary alicyclic amines) is 2. The lowest BCUT2D eigenvalue weighted by molar-refractivity contribution is -0.155. The molecule has 9 heteroatoms. The van der Waals surface area contributed by atoms with E-state index in [2.05, 4.69) is 4.90 Å². The van der Waals surface area contributed by atoms with E-state index in [4.69, 9.17) is 9.84 Å². The fourth-order valence-corrected chi connectivity index (χ4v) is 5.08. The fraction of sp³-hybridized carbons (Fsp3) is 0.944. The number of hydrogen-bond donors (Lipinski definition) is 1. The standard InChI is InChI=1S/C18H30F3N3O3/c1-27-9-8-23(13-18(19,20)21)14-2-5-22(6-3-14)15-10-17(11-15)4-7-24(12-17)16(25)26/h14-15H,2-13H2,1H3,(H,25,26). The first-order chi connectivity index (χ1) is 12.7. The molecule has 0 aromatic heterocycles. The molecule has 1 spiro atoms. The van der Waals surface area contributed by atoms with Crippen molar-refractivity contribution in [1.82, 2.24) is 14.7 Å². The molecule has 3 fully saturated rings. The first-order valence-corrected chi connectivity index (χ1v) is 9.73. The quantitative estimate of drug-likeness (QED) is 0.752. The van der Waals surface area contributed by atoms with Crippen molar-refractivity contribution in [3.63, 3.8) is 0 Å². The van der Waals surface area contributed by atoms with Gasteiger partial charge in [0.2, 0.25) is 0 Å². The first kappa shape index (κ1) is 20.7. The second-order valence-electron chi connectivity index (χ2n) is 8.36. The van der Waals surface area contributed by atoms with Gasteiger partial charge in [0.1, 0.15) is 0 Å². The summed E-state index contributed by atoms with van der Waals surface area (Å²) < 4.78 is 43.6. The van der Waals surface area contributed by atoms with Gasteiger partial charge in [0.05, 0.1) is 13.2 Å². The number of nitrogens with zero attached hydrogens (tertiary/aromatic N) is 3. The molecule has 0 radical (unpaired) electrons. The number of alkyl halides is 3. The van der Waals surface area contributed by atoms with Crippen LogP contribution in [0, 0.1) is 5.41 Å². The number of piperidine rings is 1. The van der Waals surface area contributed by atoms with E-state index in [0.29, 0.717) is 32.3 Å². The zero-order valence-electron chi connectivity index (χ0n) is 15.9. The Hall–Kier alpha value is -1.06. The van der Waals surface area contributed by atoms with Gasteiger partial charge in [0.25, 0.3) is 0 Å². The number of ether oxygens (including phenoxy) is 1. The van der Waals surface area contributed by atoms with Gasteiger partial charge in [-0.25, -0.2) is 4.79 Å². The summed E-state index contributed by atoms with van der Waals surface area (Å²) in [5.74, 6) is 0. The largest absolute Gasteiger partial charge is 0.465 e. The van der Waals surface area contributed by atoms with Gasteiger partial charge in [-0.15, -0.1) is 0 Å². The van der Waals surface area contributed by atoms with Gasteiger partial charge in [0, 0.05) is 38.8 Å². The summed E-state index contributed by atoms with van der Waals surface area (Å²) in [6.07, 6.45) is -0.590. The van der Waals surface area contributed by atoms with Gasteiger partial charge in [-0.05, 0) is 50.6 Å². The molecule has 3 rings (SSSR count). The second-order valence-corrected chi connectivity index (χ2v) is 8.36. The molecule has 1 saturated carbocycles. The Bertz CT molecular complexity index is 518. The molecule has 2 heterocycles. The third kappa shape index (κ3) is 5.06. The van der Waals surface area contributed by atoms with E-state index in [9.17, 15) is 18.0 Å².